The highest BCUT2D eigenvalue weighted by molar-refractivity contribution is 5.80. The number of hydrogen-bond acceptors (Lipinski definition) is 3. The third kappa shape index (κ3) is 4.99. The van der Waals surface area contributed by atoms with Crippen molar-refractivity contribution in [3.63, 3.8) is 0 Å². The fourth-order valence-electron chi connectivity index (χ4n) is 4.17. The highest BCUT2D eigenvalue weighted by Crippen LogP contribution is 2.35. The summed E-state index contributed by atoms with van der Waals surface area (Å²) < 4.78 is 24.8. The summed E-state index contributed by atoms with van der Waals surface area (Å²) in [7, 11) is 1.76. The molecule has 0 amide bonds. The summed E-state index contributed by atoms with van der Waals surface area (Å²) >= 11 is 0. The van der Waals surface area contributed by atoms with Gasteiger partial charge in [0.1, 0.15) is 5.82 Å². The van der Waals surface area contributed by atoms with Crippen LogP contribution in [0.4, 0.5) is 4.39 Å². The Morgan fingerprint density at radius 1 is 1.41 bits per heavy atom. The molecule has 2 saturated heterocycles. The minimum absolute atomic E-state index is 0.160. The Bertz CT molecular complexity index is 632. The maximum Gasteiger partial charge on any atom is 0.193 e. The third-order valence-corrected chi connectivity index (χ3v) is 5.74. The lowest BCUT2D eigenvalue weighted by Crippen LogP contribution is -2.43. The molecule has 1 N–H and O–H groups in total. The molecule has 150 valence electrons. The zero-order valence-corrected chi connectivity index (χ0v) is 16.5. The molecule has 3 rings (SSSR count). The first-order valence-electron chi connectivity index (χ1n) is 10.0. The van der Waals surface area contributed by atoms with E-state index in [2.05, 4.69) is 17.1 Å². The molecule has 5 nitrogen and oxygen atoms in total. The van der Waals surface area contributed by atoms with E-state index in [9.17, 15) is 4.39 Å². The van der Waals surface area contributed by atoms with Crippen molar-refractivity contribution in [2.45, 2.75) is 31.6 Å². The van der Waals surface area contributed by atoms with Gasteiger partial charge in [-0.1, -0.05) is 12.1 Å². The molecule has 2 aliphatic heterocycles. The van der Waals surface area contributed by atoms with Gasteiger partial charge < -0.3 is 19.7 Å². The molecule has 1 aromatic rings. The zero-order chi connectivity index (χ0) is 19.1. The van der Waals surface area contributed by atoms with E-state index in [1.54, 1.807) is 19.2 Å². The van der Waals surface area contributed by atoms with E-state index in [4.69, 9.17) is 14.5 Å². The average molecular weight is 378 g/mol. The maximum atomic E-state index is 13.9. The number of rotatable bonds is 6. The number of ether oxygens (including phenoxy) is 2. The van der Waals surface area contributed by atoms with Gasteiger partial charge in [0.15, 0.2) is 5.96 Å². The first-order valence-corrected chi connectivity index (χ1v) is 10.0. The van der Waals surface area contributed by atoms with Crippen molar-refractivity contribution in [1.82, 2.24) is 10.2 Å². The van der Waals surface area contributed by atoms with Crippen LogP contribution in [-0.4, -0.2) is 64.0 Å². The van der Waals surface area contributed by atoms with E-state index < -0.39 is 0 Å². The van der Waals surface area contributed by atoms with Crippen molar-refractivity contribution in [2.75, 3.05) is 53.1 Å². The normalized spacial score (nSPS) is 22.9. The van der Waals surface area contributed by atoms with Gasteiger partial charge in [-0.3, -0.25) is 4.99 Å². The van der Waals surface area contributed by atoms with Crippen LogP contribution in [0.2, 0.25) is 0 Å². The number of methoxy groups -OCH3 is 1. The van der Waals surface area contributed by atoms with E-state index >= 15 is 0 Å². The van der Waals surface area contributed by atoms with E-state index in [1.807, 2.05) is 6.07 Å². The van der Waals surface area contributed by atoms with Crippen LogP contribution in [0.1, 0.15) is 31.7 Å². The molecular weight excluding hydrogens is 345 g/mol. The van der Waals surface area contributed by atoms with Crippen LogP contribution in [0.15, 0.2) is 29.3 Å². The minimum atomic E-state index is -0.184. The molecule has 2 heterocycles. The van der Waals surface area contributed by atoms with Crippen molar-refractivity contribution >= 4 is 5.96 Å². The molecule has 1 aromatic carbocycles. The molecular formula is C21H32FN3O2. The Hall–Kier alpha value is -1.66. The Labute approximate surface area is 161 Å². The van der Waals surface area contributed by atoms with Gasteiger partial charge in [-0.15, -0.1) is 0 Å². The second kappa shape index (κ2) is 9.51. The molecule has 1 atom stereocenters. The molecule has 2 fully saturated rings. The summed E-state index contributed by atoms with van der Waals surface area (Å²) in [5.41, 5.74) is 0.872. The van der Waals surface area contributed by atoms with Gasteiger partial charge in [0.25, 0.3) is 0 Å². The van der Waals surface area contributed by atoms with Crippen LogP contribution in [0.5, 0.6) is 0 Å². The summed E-state index contributed by atoms with van der Waals surface area (Å²) in [4.78, 5) is 7.33. The summed E-state index contributed by atoms with van der Waals surface area (Å²) in [5, 5.41) is 3.44. The monoisotopic (exact) mass is 377 g/mol. The minimum Gasteiger partial charge on any atom is -0.384 e. The molecule has 0 saturated carbocycles. The van der Waals surface area contributed by atoms with E-state index in [1.165, 1.54) is 6.07 Å². The highest BCUT2D eigenvalue weighted by atomic mass is 19.1. The standard InChI is InChI=1S/C21H32FN3O2/c1-3-23-20(25-10-7-17(14-25)15-26-2)24-16-21(8-11-27-12-9-21)18-5-4-6-19(22)13-18/h4-6,13,17H,3,7-12,14-16H2,1-2H3,(H,23,24). The number of aliphatic imine (C=N–C) groups is 1. The summed E-state index contributed by atoms with van der Waals surface area (Å²) in [5.74, 6) is 1.33. The second-order valence-electron chi connectivity index (χ2n) is 7.63. The number of benzene rings is 1. The first kappa shape index (κ1) is 20.1. The molecule has 0 bridgehead atoms. The zero-order valence-electron chi connectivity index (χ0n) is 16.5. The van der Waals surface area contributed by atoms with Crippen molar-refractivity contribution in [2.24, 2.45) is 10.9 Å². The summed E-state index contributed by atoms with van der Waals surface area (Å²) in [6.45, 7) is 7.72. The smallest absolute Gasteiger partial charge is 0.193 e. The van der Waals surface area contributed by atoms with Gasteiger partial charge in [-0.2, -0.15) is 0 Å². The van der Waals surface area contributed by atoms with Crippen LogP contribution in [0.25, 0.3) is 0 Å². The lowest BCUT2D eigenvalue weighted by molar-refractivity contribution is 0.0529. The molecule has 6 heteroatoms. The predicted octanol–water partition coefficient (Wildman–Crippen LogP) is 2.81. The Morgan fingerprint density at radius 3 is 2.93 bits per heavy atom. The average Bonchev–Trinajstić information content (AvgIpc) is 3.15. The van der Waals surface area contributed by atoms with Crippen LogP contribution in [0, 0.1) is 11.7 Å². The van der Waals surface area contributed by atoms with Crippen molar-refractivity contribution in [3.8, 4) is 0 Å². The van der Waals surface area contributed by atoms with E-state index in [-0.39, 0.29) is 11.2 Å². The maximum absolute atomic E-state index is 13.9. The highest BCUT2D eigenvalue weighted by Gasteiger charge is 2.35. The topological polar surface area (TPSA) is 46.1 Å². The molecule has 0 aliphatic carbocycles. The quantitative estimate of drug-likeness (QED) is 0.612. The van der Waals surface area contributed by atoms with Gasteiger partial charge in [-0.05, 0) is 43.9 Å². The van der Waals surface area contributed by atoms with E-state index in [0.29, 0.717) is 25.7 Å². The summed E-state index contributed by atoms with van der Waals surface area (Å²) in [6, 6.07) is 7.00. The molecule has 2 aliphatic rings. The van der Waals surface area contributed by atoms with Crippen LogP contribution in [0.3, 0.4) is 0 Å². The van der Waals surface area contributed by atoms with Crippen LogP contribution in [-0.2, 0) is 14.9 Å². The number of guanidine groups is 1. The Balaban J connectivity index is 1.79. The number of nitrogens with zero attached hydrogens (tertiary/aromatic N) is 2. The van der Waals surface area contributed by atoms with Crippen molar-refractivity contribution in [1.29, 1.82) is 0 Å². The van der Waals surface area contributed by atoms with Gasteiger partial charge >= 0.3 is 0 Å². The molecule has 0 spiro atoms. The van der Waals surface area contributed by atoms with Crippen molar-refractivity contribution < 1.29 is 13.9 Å². The Kier molecular flexibility index (Phi) is 7.07. The third-order valence-electron chi connectivity index (χ3n) is 5.74. The fraction of sp³-hybridized carbons (Fsp3) is 0.667. The molecule has 1 unspecified atom stereocenters. The van der Waals surface area contributed by atoms with Crippen LogP contribution < -0.4 is 5.32 Å². The van der Waals surface area contributed by atoms with Gasteiger partial charge in [-0.25, -0.2) is 4.39 Å². The van der Waals surface area contributed by atoms with Crippen molar-refractivity contribution in [3.05, 3.63) is 35.6 Å². The van der Waals surface area contributed by atoms with E-state index in [0.717, 1.165) is 57.0 Å². The van der Waals surface area contributed by atoms with Crippen LogP contribution >= 0.6 is 0 Å². The predicted molar refractivity (Wildman–Crippen MR) is 106 cm³/mol. The van der Waals surface area contributed by atoms with Gasteiger partial charge in [0, 0.05) is 51.3 Å². The summed E-state index contributed by atoms with van der Waals surface area (Å²) in [6.07, 6.45) is 2.86. The Morgan fingerprint density at radius 2 is 2.22 bits per heavy atom. The molecule has 27 heavy (non-hydrogen) atoms. The first-order chi connectivity index (χ1) is 13.2. The molecule has 0 aromatic heterocycles. The second-order valence-corrected chi connectivity index (χ2v) is 7.63. The number of nitrogens with one attached hydrogen (secondary N) is 1. The number of likely N-dealkylation sites (tertiary alicyclic amines) is 1. The fourth-order valence-corrected chi connectivity index (χ4v) is 4.17. The number of hydrogen-bond donors (Lipinski definition) is 1. The van der Waals surface area contributed by atoms with Gasteiger partial charge in [0.05, 0.1) is 13.2 Å². The molecule has 0 radical (unpaired) electrons. The SMILES string of the molecule is CCNC(=NCC1(c2cccc(F)c2)CCOCC1)N1CCC(COC)C1. The number of halogens is 1. The lowest BCUT2D eigenvalue weighted by Gasteiger charge is -2.37. The largest absolute Gasteiger partial charge is 0.384 e. The van der Waals surface area contributed by atoms with Gasteiger partial charge in [0.2, 0.25) is 0 Å². The lowest BCUT2D eigenvalue weighted by atomic mass is 9.74.